The molecule has 0 atom stereocenters. The van der Waals surface area contributed by atoms with Gasteiger partial charge in [-0.25, -0.2) is 4.98 Å². The molecule has 4 nitrogen and oxygen atoms in total. The van der Waals surface area contributed by atoms with Crippen molar-refractivity contribution >= 4 is 57.0 Å². The number of benzene rings is 2. The third kappa shape index (κ3) is 3.95. The second-order valence-corrected chi connectivity index (χ2v) is 7.21. The summed E-state index contributed by atoms with van der Waals surface area (Å²) in [5, 5.41) is 7.49. The maximum absolute atomic E-state index is 12.6. The number of amides is 1. The summed E-state index contributed by atoms with van der Waals surface area (Å²) in [5.74, 6) is -0.186. The van der Waals surface area contributed by atoms with Crippen LogP contribution in [-0.4, -0.2) is 10.9 Å². The van der Waals surface area contributed by atoms with Crippen LogP contribution in [0.2, 0.25) is 10.0 Å². The molecule has 1 amide bonds. The molecule has 2 aromatic carbocycles. The fourth-order valence-electron chi connectivity index (χ4n) is 2.27. The van der Waals surface area contributed by atoms with Crippen molar-refractivity contribution in [2.75, 3.05) is 10.6 Å². The van der Waals surface area contributed by atoms with Gasteiger partial charge in [-0.2, -0.15) is 0 Å². The Morgan fingerprint density at radius 1 is 1.04 bits per heavy atom. The Morgan fingerprint density at radius 2 is 1.76 bits per heavy atom. The number of nitrogens with one attached hydrogen (secondary N) is 2. The average molecular weight is 392 g/mol. The van der Waals surface area contributed by atoms with E-state index in [-0.39, 0.29) is 5.91 Å². The zero-order valence-electron chi connectivity index (χ0n) is 13.6. The summed E-state index contributed by atoms with van der Waals surface area (Å²) in [7, 11) is 0. The number of carbonyl (C=O) groups excluding carboxylic acids is 1. The van der Waals surface area contributed by atoms with Gasteiger partial charge in [0.15, 0.2) is 5.13 Å². The maximum Gasteiger partial charge on any atom is 0.267 e. The Balaban J connectivity index is 1.81. The molecular weight excluding hydrogens is 377 g/mol. The van der Waals surface area contributed by atoms with Gasteiger partial charge in [-0.1, -0.05) is 58.8 Å². The first kappa shape index (κ1) is 17.7. The van der Waals surface area contributed by atoms with Crippen molar-refractivity contribution in [2.24, 2.45) is 0 Å². The van der Waals surface area contributed by atoms with E-state index in [1.807, 2.05) is 31.2 Å². The molecule has 0 saturated carbocycles. The topological polar surface area (TPSA) is 54.0 Å². The number of carbonyl (C=O) groups is 1. The molecule has 0 aliphatic heterocycles. The SMILES string of the molecule is Cc1ccccc1NC(=O)c1sc(Nc2cccc(Cl)c2Cl)nc1C. The Hall–Kier alpha value is -2.08. The smallest absolute Gasteiger partial charge is 0.267 e. The summed E-state index contributed by atoms with van der Waals surface area (Å²) in [4.78, 5) is 17.5. The van der Waals surface area contributed by atoms with E-state index in [1.54, 1.807) is 25.1 Å². The maximum atomic E-state index is 12.6. The van der Waals surface area contributed by atoms with Gasteiger partial charge in [0.1, 0.15) is 4.88 Å². The molecule has 3 aromatic rings. The normalized spacial score (nSPS) is 10.6. The van der Waals surface area contributed by atoms with Gasteiger partial charge in [0.05, 0.1) is 21.4 Å². The van der Waals surface area contributed by atoms with E-state index in [0.29, 0.717) is 31.4 Å². The van der Waals surface area contributed by atoms with Crippen LogP contribution < -0.4 is 10.6 Å². The van der Waals surface area contributed by atoms with Crippen molar-refractivity contribution in [3.05, 3.63) is 68.6 Å². The Kier molecular flexibility index (Phi) is 5.27. The van der Waals surface area contributed by atoms with E-state index in [0.717, 1.165) is 11.3 Å². The molecule has 2 N–H and O–H groups in total. The van der Waals surface area contributed by atoms with E-state index >= 15 is 0 Å². The minimum Gasteiger partial charge on any atom is -0.330 e. The molecule has 0 spiro atoms. The lowest BCUT2D eigenvalue weighted by Gasteiger charge is -2.07. The van der Waals surface area contributed by atoms with Gasteiger partial charge in [-0.05, 0) is 37.6 Å². The Morgan fingerprint density at radius 3 is 2.52 bits per heavy atom. The van der Waals surface area contributed by atoms with Gasteiger partial charge in [0.25, 0.3) is 5.91 Å². The largest absolute Gasteiger partial charge is 0.330 e. The van der Waals surface area contributed by atoms with Crippen LogP contribution in [-0.2, 0) is 0 Å². The molecule has 0 aliphatic rings. The highest BCUT2D eigenvalue weighted by Gasteiger charge is 2.17. The van der Waals surface area contributed by atoms with Crippen LogP contribution in [0.3, 0.4) is 0 Å². The number of aromatic nitrogens is 1. The lowest BCUT2D eigenvalue weighted by Crippen LogP contribution is -2.12. The van der Waals surface area contributed by atoms with E-state index < -0.39 is 0 Å². The molecule has 1 heterocycles. The predicted molar refractivity (Wildman–Crippen MR) is 106 cm³/mol. The molecule has 1 aromatic heterocycles. The minimum atomic E-state index is -0.186. The number of anilines is 3. The molecule has 0 aliphatic carbocycles. The Labute approximate surface area is 159 Å². The highest BCUT2D eigenvalue weighted by atomic mass is 35.5. The highest BCUT2D eigenvalue weighted by Crippen LogP contribution is 2.33. The zero-order chi connectivity index (χ0) is 18.0. The molecule has 7 heteroatoms. The first-order valence-electron chi connectivity index (χ1n) is 7.51. The second kappa shape index (κ2) is 7.44. The van der Waals surface area contributed by atoms with Crippen LogP contribution in [0.25, 0.3) is 0 Å². The molecule has 0 bridgehead atoms. The van der Waals surface area contributed by atoms with Crippen molar-refractivity contribution < 1.29 is 4.79 Å². The van der Waals surface area contributed by atoms with Crippen LogP contribution >= 0.6 is 34.5 Å². The fourth-order valence-corrected chi connectivity index (χ4v) is 3.49. The van der Waals surface area contributed by atoms with Crippen LogP contribution in [0.4, 0.5) is 16.5 Å². The number of aryl methyl sites for hydroxylation is 2. The summed E-state index contributed by atoms with van der Waals surface area (Å²) in [6.45, 7) is 3.75. The number of para-hydroxylation sites is 1. The summed E-state index contributed by atoms with van der Waals surface area (Å²) < 4.78 is 0. The molecule has 3 rings (SSSR count). The molecule has 128 valence electrons. The van der Waals surface area contributed by atoms with Crippen molar-refractivity contribution in [3.8, 4) is 0 Å². The van der Waals surface area contributed by atoms with Crippen LogP contribution in [0.5, 0.6) is 0 Å². The van der Waals surface area contributed by atoms with Gasteiger partial charge in [0, 0.05) is 5.69 Å². The molecule has 0 radical (unpaired) electrons. The monoisotopic (exact) mass is 391 g/mol. The van der Waals surface area contributed by atoms with Gasteiger partial charge in [0.2, 0.25) is 0 Å². The van der Waals surface area contributed by atoms with Crippen LogP contribution in [0.1, 0.15) is 20.9 Å². The third-order valence-corrected chi connectivity index (χ3v) is 5.48. The highest BCUT2D eigenvalue weighted by molar-refractivity contribution is 7.17. The summed E-state index contributed by atoms with van der Waals surface area (Å²) in [5.41, 5.74) is 3.08. The number of nitrogens with zero attached hydrogens (tertiary/aromatic N) is 1. The Bertz CT molecular complexity index is 940. The molecule has 25 heavy (non-hydrogen) atoms. The predicted octanol–water partition coefficient (Wildman–Crippen LogP) is 6.06. The van der Waals surface area contributed by atoms with Crippen molar-refractivity contribution in [1.82, 2.24) is 4.98 Å². The second-order valence-electron chi connectivity index (χ2n) is 5.43. The zero-order valence-corrected chi connectivity index (χ0v) is 15.9. The fraction of sp³-hybridized carbons (Fsp3) is 0.111. The quantitative estimate of drug-likeness (QED) is 0.567. The van der Waals surface area contributed by atoms with Crippen molar-refractivity contribution in [1.29, 1.82) is 0 Å². The molecule has 0 unspecified atom stereocenters. The summed E-state index contributed by atoms with van der Waals surface area (Å²) in [6, 6.07) is 12.9. The van der Waals surface area contributed by atoms with Crippen molar-refractivity contribution in [2.45, 2.75) is 13.8 Å². The van der Waals surface area contributed by atoms with E-state index in [4.69, 9.17) is 23.2 Å². The van der Waals surface area contributed by atoms with E-state index in [9.17, 15) is 4.79 Å². The van der Waals surface area contributed by atoms with Crippen molar-refractivity contribution in [3.63, 3.8) is 0 Å². The summed E-state index contributed by atoms with van der Waals surface area (Å²) >= 11 is 13.5. The average Bonchev–Trinajstić information content (AvgIpc) is 2.94. The van der Waals surface area contributed by atoms with Crippen LogP contribution in [0, 0.1) is 13.8 Å². The first-order valence-corrected chi connectivity index (χ1v) is 9.08. The molecular formula is C18H15Cl2N3OS. The number of rotatable bonds is 4. The van der Waals surface area contributed by atoms with Crippen LogP contribution in [0.15, 0.2) is 42.5 Å². The van der Waals surface area contributed by atoms with Gasteiger partial charge >= 0.3 is 0 Å². The van der Waals surface area contributed by atoms with Gasteiger partial charge < -0.3 is 10.6 Å². The van der Waals surface area contributed by atoms with E-state index in [1.165, 1.54) is 11.3 Å². The van der Waals surface area contributed by atoms with Gasteiger partial charge in [-0.3, -0.25) is 4.79 Å². The number of hydrogen-bond donors (Lipinski definition) is 2. The third-order valence-electron chi connectivity index (χ3n) is 3.59. The number of thiazole rings is 1. The lowest BCUT2D eigenvalue weighted by molar-refractivity contribution is 0.102. The standard InChI is InChI=1S/C18H15Cl2N3OS/c1-10-6-3-4-8-13(10)22-17(24)16-11(2)21-18(25-16)23-14-9-5-7-12(19)15(14)20/h3-9H,1-2H3,(H,21,23)(H,22,24). The lowest BCUT2D eigenvalue weighted by atomic mass is 10.2. The van der Waals surface area contributed by atoms with Gasteiger partial charge in [-0.15, -0.1) is 0 Å². The molecule has 0 fully saturated rings. The van der Waals surface area contributed by atoms with E-state index in [2.05, 4.69) is 15.6 Å². The number of hydrogen-bond acceptors (Lipinski definition) is 4. The number of halogens is 2. The first-order chi connectivity index (χ1) is 12.0. The summed E-state index contributed by atoms with van der Waals surface area (Å²) in [6.07, 6.45) is 0. The molecule has 0 saturated heterocycles. The minimum absolute atomic E-state index is 0.186.